The summed E-state index contributed by atoms with van der Waals surface area (Å²) in [6.45, 7) is 7.75. The number of hydrogen-bond donors (Lipinski definition) is 1. The van der Waals surface area contributed by atoms with E-state index in [4.69, 9.17) is 9.47 Å². The molecule has 0 aliphatic heterocycles. The fourth-order valence-electron chi connectivity index (χ4n) is 4.29. The number of halogens is 3. The lowest BCUT2D eigenvalue weighted by molar-refractivity contribution is -0.138. The van der Waals surface area contributed by atoms with Crippen LogP contribution >= 0.6 is 0 Å². The van der Waals surface area contributed by atoms with E-state index in [0.717, 1.165) is 10.6 Å². The summed E-state index contributed by atoms with van der Waals surface area (Å²) in [5.41, 5.74) is -0.971. The molecule has 16 heteroatoms. The normalized spacial score (nSPS) is 12.2. The van der Waals surface area contributed by atoms with Gasteiger partial charge in [-0.25, -0.2) is 14.6 Å². The number of nitriles is 1. The van der Waals surface area contributed by atoms with Gasteiger partial charge < -0.3 is 23.9 Å². The number of fused-ring (bicyclic) bond motifs is 2. The van der Waals surface area contributed by atoms with Gasteiger partial charge in [-0.2, -0.15) is 28.5 Å². The van der Waals surface area contributed by atoms with E-state index in [1.54, 1.807) is 16.9 Å². The Balaban J connectivity index is 1.41. The number of pyridine rings is 3. The highest BCUT2D eigenvalue weighted by atomic mass is 28.3. The molecule has 5 rings (SSSR count). The van der Waals surface area contributed by atoms with Crippen LogP contribution in [0.1, 0.15) is 11.1 Å². The molecule has 0 unspecified atom stereocenters. The molecule has 0 saturated heterocycles. The first-order valence-corrected chi connectivity index (χ1v) is 16.8. The number of alkyl halides is 3. The number of rotatable bonds is 9. The summed E-state index contributed by atoms with van der Waals surface area (Å²) >= 11 is 0. The first kappa shape index (κ1) is 29.7. The molecular formula is C27H28F3N9O3Si. The molecular weight excluding hydrogens is 583 g/mol. The highest BCUT2D eigenvalue weighted by molar-refractivity contribution is 6.76. The highest BCUT2D eigenvalue weighted by Gasteiger charge is 2.32. The van der Waals surface area contributed by atoms with Crippen molar-refractivity contribution in [2.45, 2.75) is 38.6 Å². The average molecular weight is 612 g/mol. The van der Waals surface area contributed by atoms with Crippen molar-refractivity contribution >= 4 is 41.9 Å². The van der Waals surface area contributed by atoms with E-state index in [9.17, 15) is 23.2 Å². The summed E-state index contributed by atoms with van der Waals surface area (Å²) < 4.78 is 55.7. The molecule has 5 aromatic heterocycles. The Morgan fingerprint density at radius 1 is 1.12 bits per heavy atom. The topological polar surface area (TPSA) is 138 Å². The van der Waals surface area contributed by atoms with Gasteiger partial charge in [-0.1, -0.05) is 19.6 Å². The molecule has 12 nitrogen and oxygen atoms in total. The lowest BCUT2D eigenvalue weighted by atomic mass is 10.2. The van der Waals surface area contributed by atoms with Crippen LogP contribution in [0.4, 0.5) is 24.8 Å². The molecule has 0 aromatic carbocycles. The summed E-state index contributed by atoms with van der Waals surface area (Å²) in [7, 11) is 1.55. The van der Waals surface area contributed by atoms with Gasteiger partial charge in [0.05, 0.1) is 24.2 Å². The van der Waals surface area contributed by atoms with Crippen LogP contribution in [0, 0.1) is 11.3 Å². The fourth-order valence-corrected chi connectivity index (χ4v) is 5.04. The second kappa shape index (κ2) is 11.2. The van der Waals surface area contributed by atoms with E-state index in [1.807, 2.05) is 0 Å². The molecule has 5 aromatic rings. The van der Waals surface area contributed by atoms with Gasteiger partial charge in [0.15, 0.2) is 17.0 Å². The molecule has 0 aliphatic rings. The van der Waals surface area contributed by atoms with Crippen molar-refractivity contribution in [3.05, 3.63) is 58.4 Å². The number of ether oxygens (including phenoxy) is 2. The SMILES string of the molecule is Cn1cc(C(F)(F)F)cc(Nc2nc3ncc(Oc4cnc5c(cnn5COCC[Si](C)(C)C)c4)c(C#N)c3n2C)c1=O. The predicted molar refractivity (Wildman–Crippen MR) is 155 cm³/mol. The smallest absolute Gasteiger partial charge is 0.417 e. The minimum atomic E-state index is -4.66. The Kier molecular flexibility index (Phi) is 7.71. The minimum absolute atomic E-state index is 0.00939. The Labute approximate surface area is 244 Å². The maximum absolute atomic E-state index is 13.3. The summed E-state index contributed by atoms with van der Waals surface area (Å²) in [6.07, 6.45) is 0.505. The Bertz CT molecular complexity index is 1930. The van der Waals surface area contributed by atoms with Crippen molar-refractivity contribution in [2.75, 3.05) is 11.9 Å². The molecule has 0 amide bonds. The largest absolute Gasteiger partial charge is 0.453 e. The molecule has 0 saturated carbocycles. The van der Waals surface area contributed by atoms with Crippen LogP contribution in [0.3, 0.4) is 0 Å². The summed E-state index contributed by atoms with van der Waals surface area (Å²) in [5, 5.41) is 17.7. The molecule has 0 aliphatic carbocycles. The van der Waals surface area contributed by atoms with E-state index in [-0.39, 0.29) is 40.8 Å². The lowest BCUT2D eigenvalue weighted by Gasteiger charge is -2.15. The number of aromatic nitrogens is 7. The third-order valence-electron chi connectivity index (χ3n) is 6.62. The van der Waals surface area contributed by atoms with Crippen LogP contribution in [-0.2, 0) is 31.7 Å². The van der Waals surface area contributed by atoms with Crippen molar-refractivity contribution in [1.29, 1.82) is 5.26 Å². The van der Waals surface area contributed by atoms with E-state index >= 15 is 0 Å². The van der Waals surface area contributed by atoms with Gasteiger partial charge in [-0.05, 0) is 18.2 Å². The Hall–Kier alpha value is -4.75. The van der Waals surface area contributed by atoms with Crippen LogP contribution in [0.15, 0.2) is 41.7 Å². The summed E-state index contributed by atoms with van der Waals surface area (Å²) in [6, 6.07) is 5.55. The Morgan fingerprint density at radius 3 is 2.58 bits per heavy atom. The number of imidazole rings is 1. The molecule has 43 heavy (non-hydrogen) atoms. The van der Waals surface area contributed by atoms with Gasteiger partial charge in [0.1, 0.15) is 35.3 Å². The van der Waals surface area contributed by atoms with Crippen molar-refractivity contribution in [3.8, 4) is 17.6 Å². The van der Waals surface area contributed by atoms with Crippen LogP contribution in [0.2, 0.25) is 25.7 Å². The number of nitrogens with one attached hydrogen (secondary N) is 1. The zero-order chi connectivity index (χ0) is 31.1. The van der Waals surface area contributed by atoms with E-state index < -0.39 is 25.4 Å². The quantitative estimate of drug-likeness (QED) is 0.177. The number of aryl methyl sites for hydroxylation is 2. The monoisotopic (exact) mass is 611 g/mol. The van der Waals surface area contributed by atoms with E-state index in [2.05, 4.69) is 51.1 Å². The second-order valence-corrected chi connectivity index (χ2v) is 16.8. The minimum Gasteiger partial charge on any atom is -0.453 e. The third kappa shape index (κ3) is 6.22. The molecule has 224 valence electrons. The predicted octanol–water partition coefficient (Wildman–Crippen LogP) is 5.15. The van der Waals surface area contributed by atoms with Gasteiger partial charge in [-0.15, -0.1) is 0 Å². The van der Waals surface area contributed by atoms with Crippen molar-refractivity contribution < 1.29 is 22.6 Å². The summed E-state index contributed by atoms with van der Waals surface area (Å²) in [4.78, 5) is 25.6. The van der Waals surface area contributed by atoms with Gasteiger partial charge in [0, 0.05) is 40.4 Å². The van der Waals surface area contributed by atoms with E-state index in [1.165, 1.54) is 31.1 Å². The first-order chi connectivity index (χ1) is 20.2. The van der Waals surface area contributed by atoms with Crippen LogP contribution in [0.25, 0.3) is 22.2 Å². The van der Waals surface area contributed by atoms with Gasteiger partial charge in [-0.3, -0.25) is 4.79 Å². The van der Waals surface area contributed by atoms with E-state index in [0.29, 0.717) is 35.7 Å². The fraction of sp³-hybridized carbons (Fsp3) is 0.333. The van der Waals surface area contributed by atoms with Crippen LogP contribution in [0.5, 0.6) is 11.5 Å². The van der Waals surface area contributed by atoms with Crippen molar-refractivity contribution in [3.63, 3.8) is 0 Å². The number of hydrogen-bond acceptors (Lipinski definition) is 9. The maximum Gasteiger partial charge on any atom is 0.417 e. The lowest BCUT2D eigenvalue weighted by Crippen LogP contribution is -2.23. The average Bonchev–Trinajstić information content (AvgIpc) is 3.48. The van der Waals surface area contributed by atoms with Gasteiger partial charge in [0.2, 0.25) is 5.95 Å². The van der Waals surface area contributed by atoms with Crippen LogP contribution in [-0.4, -0.2) is 48.5 Å². The molecule has 1 N–H and O–H groups in total. The summed E-state index contributed by atoms with van der Waals surface area (Å²) in [5.74, 6) is 0.454. The van der Waals surface area contributed by atoms with Crippen LogP contribution < -0.4 is 15.6 Å². The zero-order valence-corrected chi connectivity index (χ0v) is 25.0. The molecule has 0 bridgehead atoms. The van der Waals surface area contributed by atoms with Gasteiger partial charge >= 0.3 is 6.18 Å². The molecule has 0 radical (unpaired) electrons. The number of anilines is 2. The van der Waals surface area contributed by atoms with Crippen molar-refractivity contribution in [1.82, 2.24) is 33.9 Å². The molecule has 5 heterocycles. The third-order valence-corrected chi connectivity index (χ3v) is 8.33. The van der Waals surface area contributed by atoms with Gasteiger partial charge in [0.25, 0.3) is 5.56 Å². The first-order valence-electron chi connectivity index (χ1n) is 13.1. The highest BCUT2D eigenvalue weighted by Crippen LogP contribution is 2.33. The second-order valence-electron chi connectivity index (χ2n) is 11.1. The molecule has 0 atom stereocenters. The zero-order valence-electron chi connectivity index (χ0n) is 24.0. The van der Waals surface area contributed by atoms with Crippen molar-refractivity contribution in [2.24, 2.45) is 14.1 Å². The Morgan fingerprint density at radius 2 is 1.88 bits per heavy atom. The number of nitrogens with zero attached hydrogens (tertiary/aromatic N) is 8. The standard InChI is InChI=1S/C27H28F3N9O3Si/c1-37-14-17(27(28,29)30)9-20(25(37)40)35-26-36-23-22(38(26)2)19(10-31)21(13-32-23)42-18-8-16-11-34-39(24(16)33-12-18)15-41-6-7-43(3,4)5/h8-9,11-14H,6-7,15H2,1-5H3,(H,32,35,36). The maximum atomic E-state index is 13.3. The molecule has 0 spiro atoms. The molecule has 0 fully saturated rings.